The van der Waals surface area contributed by atoms with E-state index in [9.17, 15) is 9.59 Å². The van der Waals surface area contributed by atoms with Gasteiger partial charge in [-0.25, -0.2) is 0 Å². The van der Waals surface area contributed by atoms with Gasteiger partial charge in [-0.1, -0.05) is 18.5 Å². The smallest absolute Gasteiger partial charge is 0.275 e. The molecule has 1 aromatic heterocycles. The Hall–Kier alpha value is -1.60. The Morgan fingerprint density at radius 1 is 1.59 bits per heavy atom. The molecule has 2 aliphatic rings. The molecule has 0 aliphatic carbocycles. The summed E-state index contributed by atoms with van der Waals surface area (Å²) in [5, 5.41) is 7.51. The standard InChI is InChI=1S/C14H19ClN4O3/c1-2-4-19-6-9(15)13(17-19)14(21)18-5-3-11-10(7-18)16-12(20)8-22-11/h6,10-11H,2-5,7-8H2,1H3,(H,16,20)/t10-,11+/m0/s1. The van der Waals surface area contributed by atoms with Crippen LogP contribution in [0.3, 0.4) is 0 Å². The number of amides is 2. The van der Waals surface area contributed by atoms with Crippen LogP contribution in [0, 0.1) is 0 Å². The average molecular weight is 327 g/mol. The van der Waals surface area contributed by atoms with E-state index in [0.717, 1.165) is 13.0 Å². The second-order valence-electron chi connectivity index (χ2n) is 5.65. The van der Waals surface area contributed by atoms with Crippen LogP contribution >= 0.6 is 11.6 Å². The maximum atomic E-state index is 12.6. The van der Waals surface area contributed by atoms with Crippen LogP contribution in [0.4, 0.5) is 0 Å². The zero-order valence-electron chi connectivity index (χ0n) is 12.4. The molecule has 0 saturated carbocycles. The van der Waals surface area contributed by atoms with Crippen molar-refractivity contribution in [3.8, 4) is 0 Å². The first-order valence-corrected chi connectivity index (χ1v) is 7.89. The van der Waals surface area contributed by atoms with Gasteiger partial charge in [-0.05, 0) is 12.8 Å². The Balaban J connectivity index is 1.71. The molecule has 2 amide bonds. The first kappa shape index (κ1) is 15.3. The van der Waals surface area contributed by atoms with Gasteiger partial charge in [0.05, 0.1) is 17.2 Å². The largest absolute Gasteiger partial charge is 0.366 e. The number of hydrogen-bond acceptors (Lipinski definition) is 4. The molecule has 2 aliphatic heterocycles. The number of carbonyl (C=O) groups excluding carboxylic acids is 2. The Kier molecular flexibility index (Phi) is 4.35. The van der Waals surface area contributed by atoms with E-state index in [1.807, 2.05) is 6.92 Å². The number of rotatable bonds is 3. The van der Waals surface area contributed by atoms with Crippen LogP contribution in [0.5, 0.6) is 0 Å². The minimum atomic E-state index is -0.196. The van der Waals surface area contributed by atoms with E-state index in [0.29, 0.717) is 24.5 Å². The van der Waals surface area contributed by atoms with Gasteiger partial charge in [0.15, 0.2) is 5.69 Å². The van der Waals surface area contributed by atoms with Crippen molar-refractivity contribution < 1.29 is 14.3 Å². The van der Waals surface area contributed by atoms with Crippen LogP contribution in [0.15, 0.2) is 6.20 Å². The lowest BCUT2D eigenvalue weighted by atomic mass is 10.0. The van der Waals surface area contributed by atoms with Crippen LogP contribution in [-0.4, -0.2) is 58.3 Å². The summed E-state index contributed by atoms with van der Waals surface area (Å²) in [7, 11) is 0. The molecule has 120 valence electrons. The summed E-state index contributed by atoms with van der Waals surface area (Å²) in [6.07, 6.45) is 3.28. The van der Waals surface area contributed by atoms with Crippen molar-refractivity contribution in [2.45, 2.75) is 38.5 Å². The molecule has 3 heterocycles. The molecule has 22 heavy (non-hydrogen) atoms. The molecule has 0 radical (unpaired) electrons. The van der Waals surface area contributed by atoms with Gasteiger partial charge < -0.3 is 15.0 Å². The van der Waals surface area contributed by atoms with Gasteiger partial charge in [-0.15, -0.1) is 0 Å². The Morgan fingerprint density at radius 2 is 2.41 bits per heavy atom. The van der Waals surface area contributed by atoms with E-state index >= 15 is 0 Å². The van der Waals surface area contributed by atoms with E-state index in [1.165, 1.54) is 0 Å². The van der Waals surface area contributed by atoms with Gasteiger partial charge in [0, 0.05) is 25.8 Å². The highest BCUT2D eigenvalue weighted by Crippen LogP contribution is 2.22. The van der Waals surface area contributed by atoms with Crippen molar-refractivity contribution in [1.82, 2.24) is 20.0 Å². The third kappa shape index (κ3) is 2.96. The fourth-order valence-corrected chi connectivity index (χ4v) is 3.15. The summed E-state index contributed by atoms with van der Waals surface area (Å²) in [6.45, 7) is 3.86. The third-order valence-electron chi connectivity index (χ3n) is 3.98. The average Bonchev–Trinajstić information content (AvgIpc) is 2.86. The van der Waals surface area contributed by atoms with E-state index in [1.54, 1.807) is 15.8 Å². The van der Waals surface area contributed by atoms with E-state index in [2.05, 4.69) is 10.4 Å². The Labute approximate surface area is 133 Å². The van der Waals surface area contributed by atoms with Crippen LogP contribution in [0.2, 0.25) is 5.02 Å². The number of fused-ring (bicyclic) bond motifs is 1. The van der Waals surface area contributed by atoms with Crippen molar-refractivity contribution in [3.63, 3.8) is 0 Å². The zero-order chi connectivity index (χ0) is 15.7. The number of aryl methyl sites for hydroxylation is 1. The van der Waals surface area contributed by atoms with Gasteiger partial charge in [0.25, 0.3) is 5.91 Å². The van der Waals surface area contributed by atoms with Crippen LogP contribution in [0.1, 0.15) is 30.3 Å². The summed E-state index contributed by atoms with van der Waals surface area (Å²) >= 11 is 6.13. The molecular formula is C14H19ClN4O3. The van der Waals surface area contributed by atoms with E-state index < -0.39 is 0 Å². The number of hydrogen-bond donors (Lipinski definition) is 1. The molecule has 8 heteroatoms. The lowest BCUT2D eigenvalue weighted by molar-refractivity contribution is -0.139. The predicted molar refractivity (Wildman–Crippen MR) is 79.7 cm³/mol. The molecule has 1 N–H and O–H groups in total. The molecule has 2 atom stereocenters. The Morgan fingerprint density at radius 3 is 3.18 bits per heavy atom. The second-order valence-corrected chi connectivity index (χ2v) is 6.06. The monoisotopic (exact) mass is 326 g/mol. The maximum absolute atomic E-state index is 12.6. The highest BCUT2D eigenvalue weighted by Gasteiger charge is 2.37. The van der Waals surface area contributed by atoms with Gasteiger partial charge in [-0.3, -0.25) is 14.3 Å². The van der Waals surface area contributed by atoms with Gasteiger partial charge in [0.1, 0.15) is 6.61 Å². The number of aromatic nitrogens is 2. The van der Waals surface area contributed by atoms with E-state index in [-0.39, 0.29) is 36.3 Å². The zero-order valence-corrected chi connectivity index (χ0v) is 13.2. The maximum Gasteiger partial charge on any atom is 0.275 e. The summed E-state index contributed by atoms with van der Waals surface area (Å²) in [5.41, 5.74) is 0.275. The minimum Gasteiger partial charge on any atom is -0.366 e. The fourth-order valence-electron chi connectivity index (χ4n) is 2.92. The van der Waals surface area contributed by atoms with Gasteiger partial charge in [-0.2, -0.15) is 5.10 Å². The Bertz CT molecular complexity index is 589. The molecule has 0 bridgehead atoms. The quantitative estimate of drug-likeness (QED) is 0.886. The highest BCUT2D eigenvalue weighted by atomic mass is 35.5. The number of morpholine rings is 1. The molecule has 0 aromatic carbocycles. The molecule has 0 unspecified atom stereocenters. The number of piperidine rings is 1. The van der Waals surface area contributed by atoms with Crippen molar-refractivity contribution in [1.29, 1.82) is 0 Å². The number of nitrogens with one attached hydrogen (secondary N) is 1. The van der Waals surface area contributed by atoms with Gasteiger partial charge >= 0.3 is 0 Å². The SMILES string of the molecule is CCCn1cc(Cl)c(C(=O)N2CC[C@H]3OCC(=O)N[C@H]3C2)n1. The molecule has 7 nitrogen and oxygen atoms in total. The van der Waals surface area contributed by atoms with E-state index in [4.69, 9.17) is 16.3 Å². The lowest BCUT2D eigenvalue weighted by Crippen LogP contribution is -2.61. The number of ether oxygens (including phenoxy) is 1. The summed E-state index contributed by atoms with van der Waals surface area (Å²) in [5.74, 6) is -0.334. The molecule has 3 rings (SSSR count). The van der Waals surface area contributed by atoms with Crippen LogP contribution in [-0.2, 0) is 16.1 Å². The van der Waals surface area contributed by atoms with Crippen molar-refractivity contribution in [3.05, 3.63) is 16.9 Å². The summed E-state index contributed by atoms with van der Waals surface area (Å²) < 4.78 is 7.18. The van der Waals surface area contributed by atoms with Crippen LogP contribution in [0.25, 0.3) is 0 Å². The number of carbonyl (C=O) groups is 2. The number of nitrogens with zero attached hydrogens (tertiary/aromatic N) is 3. The first-order valence-electron chi connectivity index (χ1n) is 7.51. The van der Waals surface area contributed by atoms with Crippen molar-refractivity contribution in [2.75, 3.05) is 19.7 Å². The minimum absolute atomic E-state index is 0.0186. The van der Waals surface area contributed by atoms with Crippen molar-refractivity contribution in [2.24, 2.45) is 0 Å². The first-order chi connectivity index (χ1) is 10.6. The van der Waals surface area contributed by atoms with Crippen LogP contribution < -0.4 is 5.32 Å². The molecule has 1 aromatic rings. The highest BCUT2D eigenvalue weighted by molar-refractivity contribution is 6.33. The van der Waals surface area contributed by atoms with Gasteiger partial charge in [0.2, 0.25) is 5.91 Å². The topological polar surface area (TPSA) is 76.5 Å². The third-order valence-corrected chi connectivity index (χ3v) is 4.26. The summed E-state index contributed by atoms with van der Waals surface area (Å²) in [6, 6.07) is -0.157. The molecule has 2 fully saturated rings. The normalized spacial score (nSPS) is 24.8. The molecule has 2 saturated heterocycles. The lowest BCUT2D eigenvalue weighted by Gasteiger charge is -2.40. The number of halogens is 1. The summed E-state index contributed by atoms with van der Waals surface area (Å²) in [4.78, 5) is 25.7. The predicted octanol–water partition coefficient (Wildman–Crippen LogP) is 0.676. The second kappa shape index (κ2) is 6.26. The number of likely N-dealkylation sites (tertiary alicyclic amines) is 1. The molecule has 0 spiro atoms. The molecular weight excluding hydrogens is 308 g/mol. The van der Waals surface area contributed by atoms with Crippen molar-refractivity contribution >= 4 is 23.4 Å². The fraction of sp³-hybridized carbons (Fsp3) is 0.643.